The van der Waals surface area contributed by atoms with Crippen molar-refractivity contribution in [2.24, 2.45) is 16.8 Å². The molecule has 0 aliphatic carbocycles. The second-order valence-electron chi connectivity index (χ2n) is 4.51. The fourth-order valence-electron chi connectivity index (χ4n) is 1.74. The van der Waals surface area contributed by atoms with E-state index in [0.717, 1.165) is 0 Å². The summed E-state index contributed by atoms with van der Waals surface area (Å²) in [6.45, 7) is 3.20. The van der Waals surface area contributed by atoms with Crippen LogP contribution in [0.3, 0.4) is 0 Å². The number of aliphatic hydroxyl groups excluding tert-OH is 1. The van der Waals surface area contributed by atoms with Crippen molar-refractivity contribution in [2.75, 3.05) is 13.2 Å². The average molecular weight is 269 g/mol. The average Bonchev–Trinajstić information content (AvgIpc) is 2.40. The summed E-state index contributed by atoms with van der Waals surface area (Å²) in [6, 6.07) is 4.76. The van der Waals surface area contributed by atoms with Gasteiger partial charge in [0.25, 0.3) is 0 Å². The first-order chi connectivity index (χ1) is 9.10. The molecule has 0 aromatic heterocycles. The monoisotopic (exact) mass is 269 g/mol. The summed E-state index contributed by atoms with van der Waals surface area (Å²) >= 11 is 0. The van der Waals surface area contributed by atoms with E-state index < -0.39 is 5.82 Å². The largest absolute Gasteiger partial charge is 0.409 e. The molecule has 0 aliphatic rings. The fourth-order valence-corrected chi connectivity index (χ4v) is 1.74. The third-order valence-corrected chi connectivity index (χ3v) is 2.89. The number of nitrogens with zero attached hydrogens (tertiary/aromatic N) is 1. The van der Waals surface area contributed by atoms with Crippen molar-refractivity contribution in [3.63, 3.8) is 0 Å². The van der Waals surface area contributed by atoms with Crippen LogP contribution in [-0.4, -0.2) is 29.3 Å². The summed E-state index contributed by atoms with van der Waals surface area (Å²) in [5, 5.41) is 23.3. The Kier molecular flexibility index (Phi) is 6.24. The van der Waals surface area contributed by atoms with Gasteiger partial charge in [-0.15, -0.1) is 0 Å². The molecule has 0 saturated heterocycles. The molecule has 0 heterocycles. The predicted molar refractivity (Wildman–Crippen MR) is 71.5 cm³/mol. The van der Waals surface area contributed by atoms with Crippen LogP contribution in [0.15, 0.2) is 23.4 Å². The molecule has 0 aliphatic heterocycles. The van der Waals surface area contributed by atoms with Gasteiger partial charge in [-0.05, 0) is 24.9 Å². The van der Waals surface area contributed by atoms with Crippen LogP contribution in [0.25, 0.3) is 0 Å². The minimum absolute atomic E-state index is 0.0882. The number of nitrogens with one attached hydrogen (secondary N) is 1. The van der Waals surface area contributed by atoms with Crippen molar-refractivity contribution in [1.29, 1.82) is 0 Å². The van der Waals surface area contributed by atoms with Gasteiger partial charge in [-0.3, -0.25) is 0 Å². The highest BCUT2D eigenvalue weighted by Crippen LogP contribution is 2.13. The molecule has 5 nitrogen and oxygen atoms in total. The topological polar surface area (TPSA) is 90.9 Å². The first kappa shape index (κ1) is 15.4. The van der Waals surface area contributed by atoms with E-state index >= 15 is 0 Å². The molecule has 106 valence electrons. The number of rotatable bonds is 7. The van der Waals surface area contributed by atoms with Crippen molar-refractivity contribution < 1.29 is 14.7 Å². The molecule has 6 heteroatoms. The van der Waals surface area contributed by atoms with E-state index in [9.17, 15) is 4.39 Å². The van der Waals surface area contributed by atoms with Gasteiger partial charge in [0.05, 0.1) is 5.56 Å². The third-order valence-electron chi connectivity index (χ3n) is 2.89. The molecule has 1 aromatic rings. The van der Waals surface area contributed by atoms with Crippen LogP contribution in [0.4, 0.5) is 4.39 Å². The Morgan fingerprint density at radius 2 is 2.26 bits per heavy atom. The Balaban J connectivity index is 2.64. The fraction of sp³-hybridized carbons (Fsp3) is 0.462. The zero-order valence-corrected chi connectivity index (χ0v) is 10.9. The van der Waals surface area contributed by atoms with E-state index in [2.05, 4.69) is 10.5 Å². The Morgan fingerprint density at radius 1 is 1.53 bits per heavy atom. The number of hydrogen-bond acceptors (Lipinski definition) is 4. The molecule has 5 N–H and O–H groups in total. The van der Waals surface area contributed by atoms with Crippen molar-refractivity contribution in [3.05, 3.63) is 35.1 Å². The van der Waals surface area contributed by atoms with Gasteiger partial charge < -0.3 is 21.4 Å². The number of nitrogens with two attached hydrogens (primary N) is 1. The van der Waals surface area contributed by atoms with E-state index in [1.54, 1.807) is 12.1 Å². The summed E-state index contributed by atoms with van der Waals surface area (Å²) in [5.74, 6) is -0.409. The van der Waals surface area contributed by atoms with Crippen LogP contribution in [0, 0.1) is 11.7 Å². The van der Waals surface area contributed by atoms with E-state index in [-0.39, 0.29) is 18.0 Å². The minimum Gasteiger partial charge on any atom is -0.409 e. The van der Waals surface area contributed by atoms with Crippen LogP contribution in [0.5, 0.6) is 0 Å². The third kappa shape index (κ3) is 4.50. The number of benzene rings is 1. The second-order valence-corrected chi connectivity index (χ2v) is 4.51. The quantitative estimate of drug-likeness (QED) is 0.257. The second kappa shape index (κ2) is 7.70. The first-order valence-electron chi connectivity index (χ1n) is 6.17. The van der Waals surface area contributed by atoms with Crippen LogP contribution in [0.2, 0.25) is 0 Å². The zero-order chi connectivity index (χ0) is 14.3. The van der Waals surface area contributed by atoms with Crippen molar-refractivity contribution in [1.82, 2.24) is 5.32 Å². The van der Waals surface area contributed by atoms with Crippen molar-refractivity contribution >= 4 is 5.84 Å². The number of aliphatic hydroxyl groups is 1. The normalized spacial score (nSPS) is 13.5. The Morgan fingerprint density at radius 3 is 2.89 bits per heavy atom. The Labute approximate surface area is 111 Å². The predicted octanol–water partition coefficient (Wildman–Crippen LogP) is 1.03. The number of amidine groups is 1. The van der Waals surface area contributed by atoms with E-state index in [0.29, 0.717) is 31.0 Å². The molecule has 1 unspecified atom stereocenters. The summed E-state index contributed by atoms with van der Waals surface area (Å²) in [6.07, 6.45) is 0.708. The smallest absolute Gasteiger partial charge is 0.173 e. The van der Waals surface area contributed by atoms with Crippen LogP contribution < -0.4 is 11.1 Å². The molecular weight excluding hydrogens is 249 g/mol. The van der Waals surface area contributed by atoms with Crippen LogP contribution in [-0.2, 0) is 6.54 Å². The highest BCUT2D eigenvalue weighted by atomic mass is 19.1. The number of oxime groups is 1. The lowest BCUT2D eigenvalue weighted by Gasteiger charge is -2.12. The molecule has 1 rings (SSSR count). The molecule has 0 spiro atoms. The van der Waals surface area contributed by atoms with Crippen molar-refractivity contribution in [3.8, 4) is 0 Å². The van der Waals surface area contributed by atoms with Gasteiger partial charge in [0.2, 0.25) is 0 Å². The van der Waals surface area contributed by atoms with E-state index in [1.807, 2.05) is 6.92 Å². The van der Waals surface area contributed by atoms with Crippen LogP contribution >= 0.6 is 0 Å². The lowest BCUT2D eigenvalue weighted by atomic mass is 10.1. The highest BCUT2D eigenvalue weighted by molar-refractivity contribution is 5.97. The van der Waals surface area contributed by atoms with Gasteiger partial charge in [0, 0.05) is 18.7 Å². The maximum atomic E-state index is 14.0. The molecule has 0 bridgehead atoms. The molecule has 1 atom stereocenters. The lowest BCUT2D eigenvalue weighted by molar-refractivity contribution is 0.260. The Bertz CT molecular complexity index is 438. The minimum atomic E-state index is -0.486. The van der Waals surface area contributed by atoms with Gasteiger partial charge in [0.15, 0.2) is 5.84 Å². The molecular formula is C13H20FN3O2. The van der Waals surface area contributed by atoms with Gasteiger partial charge >= 0.3 is 0 Å². The molecule has 0 radical (unpaired) electrons. The molecule has 0 amide bonds. The molecule has 0 fully saturated rings. The standard InChI is InChI=1S/C13H20FN3O2/c1-9(5-6-18)7-16-8-10-3-2-4-11(12(10)14)13(15)17-19/h2-4,9,16,18-19H,5-8H2,1H3,(H2,15,17). The first-order valence-corrected chi connectivity index (χ1v) is 6.17. The summed E-state index contributed by atoms with van der Waals surface area (Å²) < 4.78 is 14.0. The van der Waals surface area contributed by atoms with Gasteiger partial charge in [-0.25, -0.2) is 4.39 Å². The number of hydrogen-bond donors (Lipinski definition) is 4. The maximum Gasteiger partial charge on any atom is 0.173 e. The van der Waals surface area contributed by atoms with Crippen molar-refractivity contribution in [2.45, 2.75) is 19.9 Å². The highest BCUT2D eigenvalue weighted by Gasteiger charge is 2.11. The van der Waals surface area contributed by atoms with Gasteiger partial charge in [0.1, 0.15) is 5.82 Å². The summed E-state index contributed by atoms with van der Waals surface area (Å²) in [5.41, 5.74) is 5.94. The van der Waals surface area contributed by atoms with Crippen LogP contribution in [0.1, 0.15) is 24.5 Å². The van der Waals surface area contributed by atoms with E-state index in [1.165, 1.54) is 6.07 Å². The molecule has 1 aromatic carbocycles. The molecule has 0 saturated carbocycles. The van der Waals surface area contributed by atoms with E-state index in [4.69, 9.17) is 16.0 Å². The summed E-state index contributed by atoms with van der Waals surface area (Å²) in [7, 11) is 0. The lowest BCUT2D eigenvalue weighted by Crippen LogP contribution is -2.23. The van der Waals surface area contributed by atoms with Gasteiger partial charge in [-0.1, -0.05) is 24.2 Å². The zero-order valence-electron chi connectivity index (χ0n) is 10.9. The number of halogens is 1. The SMILES string of the molecule is CC(CCO)CNCc1cccc(/C(N)=N/O)c1F. The molecule has 19 heavy (non-hydrogen) atoms. The Hall–Kier alpha value is -1.66. The summed E-state index contributed by atoms with van der Waals surface area (Å²) in [4.78, 5) is 0. The van der Waals surface area contributed by atoms with Gasteiger partial charge in [-0.2, -0.15) is 0 Å². The maximum absolute atomic E-state index is 14.0.